The number of nitrogens with two attached hydrogens (primary N) is 3. The number of rotatable bonds is 2. The molecule has 0 heterocycles. The topological polar surface area (TPSA) is 146 Å². The van der Waals surface area contributed by atoms with Gasteiger partial charge in [0.2, 0.25) is 11.8 Å². The average Bonchev–Trinajstić information content (AvgIpc) is 2.28. The maximum Gasteiger partial charge on any atom is 0.416 e. The standard InChI is InChI=1S/C9H8F4N6O2/c10-6-4(17-8(16)18-7(14)15)1-3(9(11,12)13)2-5(6)19(20)21/h1-2H,(H6,14,15,16,17,18). The van der Waals surface area contributed by atoms with Gasteiger partial charge in [0.05, 0.1) is 10.5 Å². The zero-order chi connectivity index (χ0) is 16.4. The molecule has 0 aliphatic heterocycles. The van der Waals surface area contributed by atoms with Crippen molar-refractivity contribution in [2.24, 2.45) is 27.2 Å². The van der Waals surface area contributed by atoms with E-state index in [9.17, 15) is 27.7 Å². The summed E-state index contributed by atoms with van der Waals surface area (Å²) in [6.45, 7) is 0. The van der Waals surface area contributed by atoms with Gasteiger partial charge in [-0.1, -0.05) is 0 Å². The maximum absolute atomic E-state index is 13.7. The average molecular weight is 308 g/mol. The first-order valence-corrected chi connectivity index (χ1v) is 5.01. The number of nitrogens with zero attached hydrogens (tertiary/aromatic N) is 3. The summed E-state index contributed by atoms with van der Waals surface area (Å²) in [5.41, 5.74) is 11.2. The van der Waals surface area contributed by atoms with Crippen LogP contribution in [-0.4, -0.2) is 16.8 Å². The zero-order valence-electron chi connectivity index (χ0n) is 10.1. The lowest BCUT2D eigenvalue weighted by atomic mass is 10.1. The summed E-state index contributed by atoms with van der Waals surface area (Å²) in [7, 11) is 0. The van der Waals surface area contributed by atoms with E-state index in [1.165, 1.54) is 0 Å². The first-order chi connectivity index (χ1) is 9.52. The van der Waals surface area contributed by atoms with Gasteiger partial charge in [0.15, 0.2) is 5.96 Å². The minimum Gasteiger partial charge on any atom is -0.370 e. The smallest absolute Gasteiger partial charge is 0.370 e. The molecule has 1 aromatic carbocycles. The summed E-state index contributed by atoms with van der Waals surface area (Å²) >= 11 is 0. The molecule has 0 bridgehead atoms. The van der Waals surface area contributed by atoms with Crippen LogP contribution in [0.3, 0.4) is 0 Å². The predicted octanol–water partition coefficient (Wildman–Crippen LogP) is 0.972. The van der Waals surface area contributed by atoms with Crippen molar-refractivity contribution >= 4 is 23.3 Å². The summed E-state index contributed by atoms with van der Waals surface area (Å²) in [6, 6.07) is 0.294. The highest BCUT2D eigenvalue weighted by Crippen LogP contribution is 2.37. The van der Waals surface area contributed by atoms with Crippen molar-refractivity contribution in [3.8, 4) is 0 Å². The molecule has 12 heteroatoms. The summed E-state index contributed by atoms with van der Waals surface area (Å²) in [5, 5.41) is 10.6. The Balaban J connectivity index is 3.54. The third-order valence-corrected chi connectivity index (χ3v) is 2.04. The van der Waals surface area contributed by atoms with Gasteiger partial charge in [-0.05, 0) is 6.07 Å². The molecule has 0 fully saturated rings. The Morgan fingerprint density at radius 1 is 1.24 bits per heavy atom. The molecule has 0 aliphatic rings. The third-order valence-electron chi connectivity index (χ3n) is 2.04. The van der Waals surface area contributed by atoms with Gasteiger partial charge in [-0.15, -0.1) is 0 Å². The van der Waals surface area contributed by atoms with Crippen LogP contribution in [0.5, 0.6) is 0 Å². The van der Waals surface area contributed by atoms with Crippen LogP contribution in [0.2, 0.25) is 0 Å². The van der Waals surface area contributed by atoms with Crippen molar-refractivity contribution in [1.29, 1.82) is 0 Å². The van der Waals surface area contributed by atoms with E-state index in [4.69, 9.17) is 17.2 Å². The number of hydrogen-bond donors (Lipinski definition) is 3. The highest BCUT2D eigenvalue weighted by molar-refractivity contribution is 5.93. The van der Waals surface area contributed by atoms with E-state index in [2.05, 4.69) is 9.98 Å². The molecular weight excluding hydrogens is 300 g/mol. The number of guanidine groups is 2. The molecule has 0 atom stereocenters. The van der Waals surface area contributed by atoms with Gasteiger partial charge in [0.25, 0.3) is 0 Å². The molecule has 1 aromatic rings. The van der Waals surface area contributed by atoms with Gasteiger partial charge in [0, 0.05) is 6.07 Å². The Kier molecular flexibility index (Phi) is 4.30. The van der Waals surface area contributed by atoms with E-state index >= 15 is 0 Å². The van der Waals surface area contributed by atoms with Crippen LogP contribution in [0.1, 0.15) is 5.56 Å². The first-order valence-electron chi connectivity index (χ1n) is 5.01. The molecule has 0 unspecified atom stereocenters. The summed E-state index contributed by atoms with van der Waals surface area (Å²) in [6.07, 6.45) is -4.94. The fourth-order valence-electron chi connectivity index (χ4n) is 1.25. The number of aliphatic imine (C=N–C) groups is 2. The van der Waals surface area contributed by atoms with E-state index in [0.717, 1.165) is 0 Å². The maximum atomic E-state index is 13.7. The summed E-state index contributed by atoms with van der Waals surface area (Å²) in [4.78, 5) is 15.6. The monoisotopic (exact) mass is 308 g/mol. The van der Waals surface area contributed by atoms with Crippen molar-refractivity contribution in [2.75, 3.05) is 0 Å². The van der Waals surface area contributed by atoms with Crippen molar-refractivity contribution in [3.63, 3.8) is 0 Å². The second-order valence-corrected chi connectivity index (χ2v) is 3.59. The van der Waals surface area contributed by atoms with Crippen LogP contribution in [0, 0.1) is 15.9 Å². The SMILES string of the molecule is NC(N)=NC(N)=Nc1cc(C(F)(F)F)cc([N+](=O)[O-])c1F. The fraction of sp³-hybridized carbons (Fsp3) is 0.111. The molecule has 0 aromatic heterocycles. The molecule has 0 amide bonds. The normalized spacial score (nSPS) is 12.1. The highest BCUT2D eigenvalue weighted by atomic mass is 19.4. The molecule has 0 spiro atoms. The van der Waals surface area contributed by atoms with Crippen LogP contribution < -0.4 is 17.2 Å². The van der Waals surface area contributed by atoms with Crippen molar-refractivity contribution < 1.29 is 22.5 Å². The van der Waals surface area contributed by atoms with Crippen LogP contribution in [0.4, 0.5) is 28.9 Å². The Morgan fingerprint density at radius 3 is 2.24 bits per heavy atom. The fourth-order valence-corrected chi connectivity index (χ4v) is 1.25. The molecule has 0 saturated carbocycles. The van der Waals surface area contributed by atoms with Crippen LogP contribution >= 0.6 is 0 Å². The van der Waals surface area contributed by atoms with E-state index in [1.807, 2.05) is 0 Å². The van der Waals surface area contributed by atoms with Crippen molar-refractivity contribution in [3.05, 3.63) is 33.6 Å². The van der Waals surface area contributed by atoms with Crippen molar-refractivity contribution in [1.82, 2.24) is 0 Å². The molecule has 114 valence electrons. The number of halogens is 4. The molecule has 0 radical (unpaired) electrons. The Labute approximate surface area is 114 Å². The Bertz CT molecular complexity index is 636. The van der Waals surface area contributed by atoms with E-state index in [-0.39, 0.29) is 12.1 Å². The van der Waals surface area contributed by atoms with E-state index in [1.54, 1.807) is 0 Å². The number of nitro groups is 1. The molecule has 8 nitrogen and oxygen atoms in total. The quantitative estimate of drug-likeness (QED) is 0.245. The Hall–Kier alpha value is -2.92. The van der Waals surface area contributed by atoms with Crippen LogP contribution in [0.15, 0.2) is 22.1 Å². The van der Waals surface area contributed by atoms with Gasteiger partial charge in [-0.2, -0.15) is 22.6 Å². The van der Waals surface area contributed by atoms with Gasteiger partial charge in [-0.3, -0.25) is 10.1 Å². The third kappa shape index (κ3) is 4.02. The van der Waals surface area contributed by atoms with E-state index < -0.39 is 45.8 Å². The number of hydrogen-bond acceptors (Lipinski definition) is 3. The molecular formula is C9H8F4N6O2. The number of benzene rings is 1. The van der Waals surface area contributed by atoms with Gasteiger partial charge in [-0.25, -0.2) is 4.99 Å². The summed E-state index contributed by atoms with van der Waals surface area (Å²) in [5.74, 6) is -2.93. The molecule has 0 saturated heterocycles. The minimum absolute atomic E-state index is 0.0467. The largest absolute Gasteiger partial charge is 0.416 e. The first kappa shape index (κ1) is 16.1. The number of alkyl halides is 3. The lowest BCUT2D eigenvalue weighted by molar-refractivity contribution is -0.387. The van der Waals surface area contributed by atoms with Gasteiger partial charge in [0.1, 0.15) is 5.69 Å². The number of nitro benzene ring substituents is 1. The lowest BCUT2D eigenvalue weighted by Gasteiger charge is -2.08. The van der Waals surface area contributed by atoms with Crippen LogP contribution in [0.25, 0.3) is 0 Å². The second-order valence-electron chi connectivity index (χ2n) is 3.59. The van der Waals surface area contributed by atoms with E-state index in [0.29, 0.717) is 0 Å². The Morgan fingerprint density at radius 2 is 1.81 bits per heavy atom. The highest BCUT2D eigenvalue weighted by Gasteiger charge is 2.35. The predicted molar refractivity (Wildman–Crippen MR) is 65.1 cm³/mol. The van der Waals surface area contributed by atoms with Gasteiger partial charge >= 0.3 is 11.9 Å². The molecule has 1 rings (SSSR count). The minimum atomic E-state index is -4.94. The summed E-state index contributed by atoms with van der Waals surface area (Å²) < 4.78 is 51.5. The zero-order valence-corrected chi connectivity index (χ0v) is 10.1. The molecule has 0 aliphatic carbocycles. The lowest BCUT2D eigenvalue weighted by Crippen LogP contribution is -2.26. The van der Waals surface area contributed by atoms with Crippen LogP contribution in [-0.2, 0) is 6.18 Å². The molecule has 21 heavy (non-hydrogen) atoms. The van der Waals surface area contributed by atoms with Crippen molar-refractivity contribution in [2.45, 2.75) is 6.18 Å². The molecule has 6 N–H and O–H groups in total. The second kappa shape index (κ2) is 5.60. The van der Waals surface area contributed by atoms with Gasteiger partial charge < -0.3 is 17.2 Å².